The van der Waals surface area contributed by atoms with Crippen molar-refractivity contribution in [1.29, 1.82) is 0 Å². The van der Waals surface area contributed by atoms with Crippen molar-refractivity contribution in [3.63, 3.8) is 0 Å². The average molecular weight is 225 g/mol. The second-order valence-corrected chi connectivity index (χ2v) is 5.57. The molecular weight excluding hydrogens is 203 g/mol. The Balaban J connectivity index is 3.51. The molecule has 0 N–H and O–H groups in total. The SMILES string of the molecule is CCCCC(Cl)CCC(C)(Cl)CC. The lowest BCUT2D eigenvalue weighted by molar-refractivity contribution is 0.508. The molecule has 0 fully saturated rings. The first kappa shape index (κ1) is 13.6. The molecule has 2 unspecified atom stereocenters. The topological polar surface area (TPSA) is 0 Å². The van der Waals surface area contributed by atoms with Crippen molar-refractivity contribution >= 4 is 23.2 Å². The molecule has 0 bridgehead atoms. The van der Waals surface area contributed by atoms with E-state index in [0.717, 1.165) is 25.7 Å². The third-order valence-electron chi connectivity index (χ3n) is 2.59. The van der Waals surface area contributed by atoms with Crippen LogP contribution in [0.4, 0.5) is 0 Å². The van der Waals surface area contributed by atoms with Crippen molar-refractivity contribution in [2.45, 2.75) is 69.5 Å². The lowest BCUT2D eigenvalue weighted by atomic mass is 9.99. The fraction of sp³-hybridized carbons (Fsp3) is 1.00. The van der Waals surface area contributed by atoms with Gasteiger partial charge in [0.25, 0.3) is 0 Å². The van der Waals surface area contributed by atoms with Crippen molar-refractivity contribution in [3.8, 4) is 0 Å². The van der Waals surface area contributed by atoms with E-state index in [1.165, 1.54) is 12.8 Å². The van der Waals surface area contributed by atoms with Crippen LogP contribution in [0.25, 0.3) is 0 Å². The van der Waals surface area contributed by atoms with E-state index in [4.69, 9.17) is 23.2 Å². The number of hydrogen-bond acceptors (Lipinski definition) is 0. The number of hydrogen-bond donors (Lipinski definition) is 0. The Kier molecular flexibility index (Phi) is 7.26. The number of unbranched alkanes of at least 4 members (excludes halogenated alkanes) is 1. The van der Waals surface area contributed by atoms with Crippen LogP contribution in [-0.4, -0.2) is 10.3 Å². The summed E-state index contributed by atoms with van der Waals surface area (Å²) in [6.07, 6.45) is 6.70. The van der Waals surface area contributed by atoms with Crippen LogP contribution in [-0.2, 0) is 0 Å². The van der Waals surface area contributed by atoms with E-state index in [1.807, 2.05) is 0 Å². The van der Waals surface area contributed by atoms with Gasteiger partial charge in [0.15, 0.2) is 0 Å². The zero-order valence-corrected chi connectivity index (χ0v) is 10.6. The third-order valence-corrected chi connectivity index (χ3v) is 3.48. The van der Waals surface area contributed by atoms with E-state index in [1.54, 1.807) is 0 Å². The van der Waals surface area contributed by atoms with Crippen LogP contribution in [0, 0.1) is 0 Å². The molecule has 0 aromatic carbocycles. The molecule has 0 heterocycles. The molecule has 0 saturated carbocycles. The number of rotatable bonds is 7. The predicted molar refractivity (Wildman–Crippen MR) is 62.9 cm³/mol. The Morgan fingerprint density at radius 1 is 1.23 bits per heavy atom. The fourth-order valence-corrected chi connectivity index (χ4v) is 1.58. The van der Waals surface area contributed by atoms with Gasteiger partial charge >= 0.3 is 0 Å². The summed E-state index contributed by atoms with van der Waals surface area (Å²) < 4.78 is 0. The molecule has 0 aromatic heterocycles. The maximum atomic E-state index is 6.24. The van der Waals surface area contributed by atoms with Crippen molar-refractivity contribution in [3.05, 3.63) is 0 Å². The second-order valence-electron chi connectivity index (χ2n) is 4.05. The zero-order valence-electron chi connectivity index (χ0n) is 9.08. The lowest BCUT2D eigenvalue weighted by Gasteiger charge is -2.21. The number of halogens is 2. The van der Waals surface area contributed by atoms with E-state index in [-0.39, 0.29) is 4.87 Å². The maximum Gasteiger partial charge on any atom is 0.0416 e. The molecule has 0 spiro atoms. The van der Waals surface area contributed by atoms with Gasteiger partial charge in [0.05, 0.1) is 0 Å². The third kappa shape index (κ3) is 7.64. The largest absolute Gasteiger partial charge is 0.123 e. The molecule has 2 atom stereocenters. The van der Waals surface area contributed by atoms with Crippen molar-refractivity contribution < 1.29 is 0 Å². The monoisotopic (exact) mass is 224 g/mol. The highest BCUT2D eigenvalue weighted by Gasteiger charge is 2.19. The predicted octanol–water partition coefficient (Wildman–Crippen LogP) is 4.97. The summed E-state index contributed by atoms with van der Waals surface area (Å²) in [5.41, 5.74) is 0. The van der Waals surface area contributed by atoms with Gasteiger partial charge in [-0.2, -0.15) is 0 Å². The van der Waals surface area contributed by atoms with Gasteiger partial charge < -0.3 is 0 Å². The molecule has 0 rings (SSSR count). The van der Waals surface area contributed by atoms with Gasteiger partial charge in [-0.25, -0.2) is 0 Å². The summed E-state index contributed by atoms with van der Waals surface area (Å²) in [6, 6.07) is 0. The Morgan fingerprint density at radius 2 is 1.85 bits per heavy atom. The summed E-state index contributed by atoms with van der Waals surface area (Å²) in [6.45, 7) is 6.42. The molecule has 80 valence electrons. The quantitative estimate of drug-likeness (QED) is 0.536. The summed E-state index contributed by atoms with van der Waals surface area (Å²) >= 11 is 12.4. The first-order valence-corrected chi connectivity index (χ1v) is 6.16. The van der Waals surface area contributed by atoms with E-state index < -0.39 is 0 Å². The van der Waals surface area contributed by atoms with Gasteiger partial charge in [0.1, 0.15) is 0 Å². The summed E-state index contributed by atoms with van der Waals surface area (Å²) in [4.78, 5) is -0.0423. The molecule has 0 aliphatic carbocycles. The molecule has 13 heavy (non-hydrogen) atoms. The van der Waals surface area contributed by atoms with Crippen LogP contribution < -0.4 is 0 Å². The zero-order chi connectivity index (χ0) is 10.3. The summed E-state index contributed by atoms with van der Waals surface area (Å²) in [5, 5.41) is 0.324. The molecule has 0 aliphatic rings. The van der Waals surface area contributed by atoms with Crippen molar-refractivity contribution in [1.82, 2.24) is 0 Å². The molecule has 0 saturated heterocycles. The standard InChI is InChI=1S/C11H22Cl2/c1-4-6-7-10(12)8-9-11(3,13)5-2/h10H,4-9H2,1-3H3. The lowest BCUT2D eigenvalue weighted by Crippen LogP contribution is -2.16. The van der Waals surface area contributed by atoms with Gasteiger partial charge in [-0.1, -0.05) is 26.7 Å². The Morgan fingerprint density at radius 3 is 2.31 bits per heavy atom. The summed E-state index contributed by atoms with van der Waals surface area (Å²) in [7, 11) is 0. The smallest absolute Gasteiger partial charge is 0.0416 e. The minimum atomic E-state index is -0.0423. The van der Waals surface area contributed by atoms with Crippen LogP contribution in [0.1, 0.15) is 59.3 Å². The van der Waals surface area contributed by atoms with Gasteiger partial charge in [0, 0.05) is 10.3 Å². The highest BCUT2D eigenvalue weighted by Crippen LogP contribution is 2.27. The molecule has 0 aromatic rings. The van der Waals surface area contributed by atoms with E-state index in [9.17, 15) is 0 Å². The van der Waals surface area contributed by atoms with Gasteiger partial charge in [-0.05, 0) is 32.6 Å². The van der Waals surface area contributed by atoms with Crippen molar-refractivity contribution in [2.24, 2.45) is 0 Å². The van der Waals surface area contributed by atoms with E-state index in [0.29, 0.717) is 5.38 Å². The fourth-order valence-electron chi connectivity index (χ4n) is 1.20. The Labute approximate surface area is 93.0 Å². The average Bonchev–Trinajstić information content (AvgIpc) is 2.11. The van der Waals surface area contributed by atoms with Crippen molar-refractivity contribution in [2.75, 3.05) is 0 Å². The normalized spacial score (nSPS) is 18.2. The van der Waals surface area contributed by atoms with Crippen LogP contribution in [0.3, 0.4) is 0 Å². The number of alkyl halides is 2. The molecule has 0 amide bonds. The molecular formula is C11H22Cl2. The van der Waals surface area contributed by atoms with Crippen LogP contribution in [0.15, 0.2) is 0 Å². The minimum absolute atomic E-state index is 0.0423. The molecule has 0 radical (unpaired) electrons. The summed E-state index contributed by atoms with van der Waals surface area (Å²) in [5.74, 6) is 0. The van der Waals surface area contributed by atoms with Crippen LogP contribution in [0.5, 0.6) is 0 Å². The Hall–Kier alpha value is 0.580. The van der Waals surface area contributed by atoms with E-state index >= 15 is 0 Å². The highest BCUT2D eigenvalue weighted by molar-refractivity contribution is 6.23. The van der Waals surface area contributed by atoms with Crippen LogP contribution in [0.2, 0.25) is 0 Å². The minimum Gasteiger partial charge on any atom is -0.123 e. The van der Waals surface area contributed by atoms with E-state index in [2.05, 4.69) is 20.8 Å². The maximum absolute atomic E-state index is 6.24. The first-order chi connectivity index (χ1) is 6.02. The molecule has 0 aliphatic heterocycles. The van der Waals surface area contributed by atoms with Gasteiger partial charge in [0.2, 0.25) is 0 Å². The second kappa shape index (κ2) is 6.95. The molecule has 2 heteroatoms. The Bertz CT molecular complexity index is 121. The highest BCUT2D eigenvalue weighted by atomic mass is 35.5. The molecule has 0 nitrogen and oxygen atoms in total. The van der Waals surface area contributed by atoms with Gasteiger partial charge in [-0.3, -0.25) is 0 Å². The first-order valence-electron chi connectivity index (χ1n) is 5.35. The van der Waals surface area contributed by atoms with Crippen LogP contribution >= 0.6 is 23.2 Å². The van der Waals surface area contributed by atoms with Gasteiger partial charge in [-0.15, -0.1) is 23.2 Å².